The number of rotatable bonds is 2. The zero-order valence-corrected chi connectivity index (χ0v) is 12.0. The molecule has 0 saturated carbocycles. The summed E-state index contributed by atoms with van der Waals surface area (Å²) in [6.07, 6.45) is 0. The number of carbonyl (C=O) groups excluding carboxylic acids is 1. The third kappa shape index (κ3) is 2.94. The van der Waals surface area contributed by atoms with Gasteiger partial charge < -0.3 is 5.32 Å². The summed E-state index contributed by atoms with van der Waals surface area (Å²) in [5, 5.41) is 2.34. The minimum atomic E-state index is -1.68. The lowest BCUT2D eigenvalue weighted by atomic mass is 9.88. The molecular formula is C14H17F4NO. The van der Waals surface area contributed by atoms with E-state index >= 15 is 0 Å². The van der Waals surface area contributed by atoms with Crippen molar-refractivity contribution < 1.29 is 22.4 Å². The Morgan fingerprint density at radius 3 is 1.75 bits per heavy atom. The molecule has 0 aliphatic carbocycles. The quantitative estimate of drug-likeness (QED) is 0.653. The monoisotopic (exact) mass is 291 g/mol. The summed E-state index contributed by atoms with van der Waals surface area (Å²) in [7, 11) is 0. The van der Waals surface area contributed by atoms with Gasteiger partial charge in [0.2, 0.25) is 0 Å². The van der Waals surface area contributed by atoms with Gasteiger partial charge in [-0.2, -0.15) is 0 Å². The van der Waals surface area contributed by atoms with Crippen LogP contribution in [0, 0.1) is 35.6 Å². The Balaban J connectivity index is 3.25. The normalized spacial score (nSPS) is 13.2. The first-order valence-electron chi connectivity index (χ1n) is 6.11. The molecule has 1 N–H and O–H groups in total. The minimum Gasteiger partial charge on any atom is -0.349 e. The van der Waals surface area contributed by atoms with Crippen LogP contribution in [0.15, 0.2) is 0 Å². The first-order chi connectivity index (χ1) is 8.98. The van der Waals surface area contributed by atoms with Crippen LogP contribution in [-0.4, -0.2) is 11.9 Å². The topological polar surface area (TPSA) is 29.1 Å². The van der Waals surface area contributed by atoms with E-state index in [0.717, 1.165) is 6.92 Å². The number of nitrogens with one attached hydrogen (secondary N) is 1. The largest absolute Gasteiger partial charge is 0.349 e. The smallest absolute Gasteiger partial charge is 0.257 e. The van der Waals surface area contributed by atoms with Crippen LogP contribution in [0.3, 0.4) is 0 Å². The molecule has 2 nitrogen and oxygen atoms in total. The molecule has 0 spiro atoms. The molecule has 0 unspecified atom stereocenters. The predicted molar refractivity (Wildman–Crippen MR) is 67.4 cm³/mol. The summed E-state index contributed by atoms with van der Waals surface area (Å²) < 4.78 is 54.1. The molecule has 1 rings (SSSR count). The summed E-state index contributed by atoms with van der Waals surface area (Å²) >= 11 is 0. The fraction of sp³-hybridized carbons (Fsp3) is 0.500. The van der Waals surface area contributed by atoms with Crippen molar-refractivity contribution in [3.05, 3.63) is 34.4 Å². The lowest BCUT2D eigenvalue weighted by Gasteiger charge is -2.28. The molecule has 112 valence electrons. The molecule has 20 heavy (non-hydrogen) atoms. The zero-order chi connectivity index (χ0) is 15.8. The Bertz CT molecular complexity index is 520. The van der Waals surface area contributed by atoms with Gasteiger partial charge in [0.05, 0.1) is 0 Å². The molecule has 0 aliphatic rings. The Morgan fingerprint density at radius 1 is 1.00 bits per heavy atom. The van der Waals surface area contributed by atoms with Crippen LogP contribution in [0.5, 0.6) is 0 Å². The van der Waals surface area contributed by atoms with Crippen LogP contribution in [0.25, 0.3) is 0 Å². The van der Waals surface area contributed by atoms with Gasteiger partial charge in [0.1, 0.15) is 5.56 Å². The third-order valence-corrected chi connectivity index (χ3v) is 3.36. The van der Waals surface area contributed by atoms with E-state index in [2.05, 4.69) is 5.32 Å². The third-order valence-electron chi connectivity index (χ3n) is 3.36. The van der Waals surface area contributed by atoms with E-state index in [-0.39, 0.29) is 5.41 Å². The second kappa shape index (κ2) is 5.42. The van der Waals surface area contributed by atoms with Gasteiger partial charge in [-0.3, -0.25) is 4.79 Å². The standard InChI is InChI=1S/C14H17F4NO/c1-6-9(15)11(17)8(12(18)10(6)16)13(20)19-7(2)14(3,4)5/h7H,1-5H3,(H,19,20)/t7-/m0/s1. The van der Waals surface area contributed by atoms with Crippen molar-refractivity contribution in [3.8, 4) is 0 Å². The van der Waals surface area contributed by atoms with E-state index < -0.39 is 46.3 Å². The molecule has 6 heteroatoms. The molecule has 0 fully saturated rings. The highest BCUT2D eigenvalue weighted by Gasteiger charge is 2.30. The number of hydrogen-bond acceptors (Lipinski definition) is 1. The SMILES string of the molecule is Cc1c(F)c(F)c(C(=O)N[C@@H](C)C(C)(C)C)c(F)c1F. The summed E-state index contributed by atoms with van der Waals surface area (Å²) in [4.78, 5) is 11.8. The summed E-state index contributed by atoms with van der Waals surface area (Å²) in [6.45, 7) is 7.95. The maximum absolute atomic E-state index is 13.7. The van der Waals surface area contributed by atoms with Crippen molar-refractivity contribution in [3.63, 3.8) is 0 Å². The molecule has 0 radical (unpaired) electrons. The van der Waals surface area contributed by atoms with Crippen molar-refractivity contribution >= 4 is 5.91 Å². The van der Waals surface area contributed by atoms with Gasteiger partial charge in [0, 0.05) is 11.6 Å². The van der Waals surface area contributed by atoms with Crippen LogP contribution < -0.4 is 5.32 Å². The molecule has 0 bridgehead atoms. The van der Waals surface area contributed by atoms with E-state index in [1.165, 1.54) is 0 Å². The highest BCUT2D eigenvalue weighted by Crippen LogP contribution is 2.25. The van der Waals surface area contributed by atoms with E-state index in [0.29, 0.717) is 0 Å². The predicted octanol–water partition coefficient (Wildman–Crippen LogP) is 3.72. The van der Waals surface area contributed by atoms with Crippen LogP contribution >= 0.6 is 0 Å². The van der Waals surface area contributed by atoms with E-state index in [1.54, 1.807) is 27.7 Å². The highest BCUT2D eigenvalue weighted by atomic mass is 19.2. The molecule has 1 aromatic carbocycles. The van der Waals surface area contributed by atoms with Gasteiger partial charge in [0.25, 0.3) is 5.91 Å². The van der Waals surface area contributed by atoms with Crippen LogP contribution in [0.2, 0.25) is 0 Å². The molecule has 1 aromatic rings. The number of benzene rings is 1. The Hall–Kier alpha value is -1.59. The average molecular weight is 291 g/mol. The van der Waals surface area contributed by atoms with Crippen molar-refractivity contribution in [2.45, 2.75) is 40.7 Å². The molecule has 1 amide bonds. The Labute approximate surface area is 115 Å². The second-order valence-corrected chi connectivity index (χ2v) is 5.82. The Morgan fingerprint density at radius 2 is 1.40 bits per heavy atom. The molecule has 0 saturated heterocycles. The lowest BCUT2D eigenvalue weighted by Crippen LogP contribution is -2.42. The lowest BCUT2D eigenvalue weighted by molar-refractivity contribution is 0.0899. The van der Waals surface area contributed by atoms with Gasteiger partial charge in [-0.05, 0) is 19.3 Å². The van der Waals surface area contributed by atoms with Crippen LogP contribution in [0.1, 0.15) is 43.6 Å². The van der Waals surface area contributed by atoms with E-state index in [9.17, 15) is 22.4 Å². The van der Waals surface area contributed by atoms with E-state index in [1.807, 2.05) is 0 Å². The van der Waals surface area contributed by atoms with Crippen molar-refractivity contribution in [2.75, 3.05) is 0 Å². The fourth-order valence-corrected chi connectivity index (χ4v) is 1.43. The summed E-state index contributed by atoms with van der Waals surface area (Å²) in [5.74, 6) is -7.66. The molecule has 1 atom stereocenters. The first-order valence-corrected chi connectivity index (χ1v) is 6.11. The highest BCUT2D eigenvalue weighted by molar-refractivity contribution is 5.95. The minimum absolute atomic E-state index is 0.371. The van der Waals surface area contributed by atoms with Gasteiger partial charge in [0.15, 0.2) is 23.3 Å². The Kier molecular flexibility index (Phi) is 4.46. The number of carbonyl (C=O) groups is 1. The first kappa shape index (κ1) is 16.5. The average Bonchev–Trinajstić information content (AvgIpc) is 2.33. The number of halogens is 4. The molecular weight excluding hydrogens is 274 g/mol. The van der Waals surface area contributed by atoms with Crippen LogP contribution in [0.4, 0.5) is 17.6 Å². The van der Waals surface area contributed by atoms with Crippen LogP contribution in [-0.2, 0) is 0 Å². The van der Waals surface area contributed by atoms with Crippen molar-refractivity contribution in [1.82, 2.24) is 5.32 Å². The van der Waals surface area contributed by atoms with Gasteiger partial charge in [-0.25, -0.2) is 17.6 Å². The van der Waals surface area contributed by atoms with Gasteiger partial charge in [-0.1, -0.05) is 20.8 Å². The molecule has 0 aliphatic heterocycles. The maximum Gasteiger partial charge on any atom is 0.257 e. The summed E-state index contributed by atoms with van der Waals surface area (Å²) in [6, 6.07) is -0.443. The zero-order valence-electron chi connectivity index (χ0n) is 12.0. The number of hydrogen-bond donors (Lipinski definition) is 1. The molecule has 0 heterocycles. The van der Waals surface area contributed by atoms with Crippen molar-refractivity contribution in [2.24, 2.45) is 5.41 Å². The second-order valence-electron chi connectivity index (χ2n) is 5.82. The molecule has 0 aromatic heterocycles. The van der Waals surface area contributed by atoms with Gasteiger partial charge in [-0.15, -0.1) is 0 Å². The van der Waals surface area contributed by atoms with E-state index in [4.69, 9.17) is 0 Å². The van der Waals surface area contributed by atoms with Gasteiger partial charge >= 0.3 is 0 Å². The summed E-state index contributed by atoms with van der Waals surface area (Å²) in [5.41, 5.74) is -2.40. The fourth-order valence-electron chi connectivity index (χ4n) is 1.43. The number of amides is 1. The maximum atomic E-state index is 13.7. The van der Waals surface area contributed by atoms with Crippen molar-refractivity contribution in [1.29, 1.82) is 0 Å².